The van der Waals surface area contributed by atoms with E-state index in [-0.39, 0.29) is 0 Å². The molecule has 0 radical (unpaired) electrons. The number of hydrogen-bond acceptors (Lipinski definition) is 2. The summed E-state index contributed by atoms with van der Waals surface area (Å²) in [6, 6.07) is 23.6. The van der Waals surface area contributed by atoms with Crippen LogP contribution < -0.4 is 0 Å². The molecular weight excluding hydrogens is 401 g/mol. The predicted molar refractivity (Wildman–Crippen MR) is 121 cm³/mol. The second-order valence-corrected chi connectivity index (χ2v) is 7.51. The second-order valence-electron chi connectivity index (χ2n) is 6.67. The van der Waals surface area contributed by atoms with Crippen LogP contribution in [0.4, 0.5) is 0 Å². The van der Waals surface area contributed by atoms with Crippen molar-refractivity contribution in [3.63, 3.8) is 0 Å². The third-order valence-electron chi connectivity index (χ3n) is 4.77. The Morgan fingerprint density at radius 3 is 2.41 bits per heavy atom. The highest BCUT2D eigenvalue weighted by Gasteiger charge is 2.11. The Labute approximate surface area is 177 Å². The molecule has 29 heavy (non-hydrogen) atoms. The van der Waals surface area contributed by atoms with Gasteiger partial charge < -0.3 is 0 Å². The van der Waals surface area contributed by atoms with E-state index in [0.717, 1.165) is 39.2 Å². The molecule has 3 nitrogen and oxygen atoms in total. The van der Waals surface area contributed by atoms with Crippen LogP contribution in [0.25, 0.3) is 40.1 Å². The van der Waals surface area contributed by atoms with Gasteiger partial charge in [0.1, 0.15) is 5.69 Å². The normalized spacial score (nSPS) is 11.7. The van der Waals surface area contributed by atoms with Gasteiger partial charge in [0, 0.05) is 21.8 Å². The number of rotatable bonds is 3. The van der Waals surface area contributed by atoms with Gasteiger partial charge in [0.05, 0.1) is 16.7 Å². The Balaban J connectivity index is 1.73. The number of fused-ring (bicyclic) bond motifs is 3. The molecule has 0 aliphatic rings. The SMILES string of the molecule is Clc1ccc(/C=C\c2nc(-c3ccccc3)cn3c2nc2ccccc23)c(Cl)c1. The van der Waals surface area contributed by atoms with Crippen molar-refractivity contribution in [3.8, 4) is 11.3 Å². The van der Waals surface area contributed by atoms with Crippen LogP contribution in [-0.2, 0) is 0 Å². The van der Waals surface area contributed by atoms with Gasteiger partial charge in [-0.3, -0.25) is 4.40 Å². The lowest BCUT2D eigenvalue weighted by Crippen LogP contribution is -1.95. The van der Waals surface area contributed by atoms with E-state index in [4.69, 9.17) is 33.2 Å². The van der Waals surface area contributed by atoms with Gasteiger partial charge in [-0.05, 0) is 35.9 Å². The van der Waals surface area contributed by atoms with Crippen LogP contribution in [-0.4, -0.2) is 14.4 Å². The van der Waals surface area contributed by atoms with Crippen LogP contribution >= 0.6 is 23.2 Å². The van der Waals surface area contributed by atoms with Gasteiger partial charge in [-0.25, -0.2) is 9.97 Å². The van der Waals surface area contributed by atoms with Crippen LogP contribution in [0.5, 0.6) is 0 Å². The van der Waals surface area contributed by atoms with Gasteiger partial charge in [-0.2, -0.15) is 0 Å². The topological polar surface area (TPSA) is 30.2 Å². The maximum absolute atomic E-state index is 6.33. The first-order chi connectivity index (χ1) is 14.2. The smallest absolute Gasteiger partial charge is 0.164 e. The summed E-state index contributed by atoms with van der Waals surface area (Å²) in [6.45, 7) is 0. The average molecular weight is 416 g/mol. The molecule has 0 aliphatic carbocycles. The van der Waals surface area contributed by atoms with Gasteiger partial charge in [-0.1, -0.05) is 77.8 Å². The quantitative estimate of drug-likeness (QED) is 0.316. The van der Waals surface area contributed by atoms with Crippen molar-refractivity contribution in [2.45, 2.75) is 0 Å². The summed E-state index contributed by atoms with van der Waals surface area (Å²) in [4.78, 5) is 9.68. The van der Waals surface area contributed by atoms with Crippen molar-refractivity contribution < 1.29 is 0 Å². The van der Waals surface area contributed by atoms with Crippen LogP contribution in [0.15, 0.2) is 79.0 Å². The fourth-order valence-electron chi connectivity index (χ4n) is 3.35. The molecule has 5 heteroatoms. The van der Waals surface area contributed by atoms with Crippen LogP contribution in [0, 0.1) is 0 Å². The fraction of sp³-hybridized carbons (Fsp3) is 0. The zero-order valence-corrected chi connectivity index (χ0v) is 16.8. The van der Waals surface area contributed by atoms with Crippen molar-refractivity contribution in [2.75, 3.05) is 0 Å². The highest BCUT2D eigenvalue weighted by Crippen LogP contribution is 2.26. The molecule has 0 spiro atoms. The number of nitrogens with zero attached hydrogens (tertiary/aromatic N) is 3. The summed E-state index contributed by atoms with van der Waals surface area (Å²) in [7, 11) is 0. The predicted octanol–water partition coefficient (Wildman–Crippen LogP) is 7.03. The molecule has 0 aliphatic heterocycles. The fourth-order valence-corrected chi connectivity index (χ4v) is 3.82. The Bertz CT molecular complexity index is 1370. The summed E-state index contributed by atoms with van der Waals surface area (Å²) in [6.07, 6.45) is 5.92. The van der Waals surface area contributed by atoms with Crippen LogP contribution in [0.1, 0.15) is 11.3 Å². The summed E-state index contributed by atoms with van der Waals surface area (Å²) in [5.41, 5.74) is 6.34. The van der Waals surface area contributed by atoms with E-state index in [9.17, 15) is 0 Å². The van der Waals surface area contributed by atoms with Crippen molar-refractivity contribution in [2.24, 2.45) is 0 Å². The average Bonchev–Trinajstić information content (AvgIpc) is 3.12. The highest BCUT2D eigenvalue weighted by atomic mass is 35.5. The standard InChI is InChI=1S/C24H15Cl2N3/c25-18-12-10-16(19(26)14-18)11-13-21-24-28-20-8-4-5-9-23(20)29(24)15-22(27-21)17-6-2-1-3-7-17/h1-15H/b13-11-. The number of benzene rings is 3. The second kappa shape index (κ2) is 7.36. The molecule has 140 valence electrons. The zero-order chi connectivity index (χ0) is 19.8. The number of hydrogen-bond donors (Lipinski definition) is 0. The van der Waals surface area contributed by atoms with Crippen LogP contribution in [0.3, 0.4) is 0 Å². The van der Waals surface area contributed by atoms with E-state index in [0.29, 0.717) is 10.0 Å². The van der Waals surface area contributed by atoms with Gasteiger partial charge in [0.2, 0.25) is 0 Å². The zero-order valence-electron chi connectivity index (χ0n) is 15.3. The van der Waals surface area contributed by atoms with Gasteiger partial charge in [0.25, 0.3) is 0 Å². The summed E-state index contributed by atoms with van der Waals surface area (Å²) in [5.74, 6) is 0. The molecule has 2 heterocycles. The first-order valence-electron chi connectivity index (χ1n) is 9.15. The van der Waals surface area contributed by atoms with Crippen molar-refractivity contribution in [1.82, 2.24) is 14.4 Å². The van der Waals surface area contributed by atoms with E-state index in [1.807, 2.05) is 66.9 Å². The minimum Gasteiger partial charge on any atom is -0.296 e. The van der Waals surface area contributed by atoms with Gasteiger partial charge in [-0.15, -0.1) is 0 Å². The minimum absolute atomic E-state index is 0.595. The molecule has 0 saturated carbocycles. The molecule has 2 aromatic heterocycles. The van der Waals surface area contributed by atoms with E-state index in [1.54, 1.807) is 6.07 Å². The molecular formula is C24H15Cl2N3. The molecule has 0 saturated heterocycles. The third-order valence-corrected chi connectivity index (χ3v) is 5.33. The molecule has 0 N–H and O–H groups in total. The molecule has 0 unspecified atom stereocenters. The number of aromatic nitrogens is 3. The number of para-hydroxylation sites is 2. The molecule has 5 aromatic rings. The van der Waals surface area contributed by atoms with Crippen molar-refractivity contribution in [3.05, 3.63) is 100 Å². The van der Waals surface area contributed by atoms with E-state index in [1.165, 1.54) is 0 Å². The summed E-state index contributed by atoms with van der Waals surface area (Å²) >= 11 is 12.3. The van der Waals surface area contributed by atoms with Crippen LogP contribution in [0.2, 0.25) is 10.0 Å². The van der Waals surface area contributed by atoms with E-state index >= 15 is 0 Å². The first kappa shape index (κ1) is 17.9. The molecule has 5 rings (SSSR count). The molecule has 0 bridgehead atoms. The Hall–Kier alpha value is -3.14. The molecule has 0 amide bonds. The minimum atomic E-state index is 0.595. The Morgan fingerprint density at radius 1 is 0.793 bits per heavy atom. The maximum Gasteiger partial charge on any atom is 0.164 e. The summed E-state index contributed by atoms with van der Waals surface area (Å²) in [5, 5.41) is 1.20. The summed E-state index contributed by atoms with van der Waals surface area (Å²) < 4.78 is 2.09. The first-order valence-corrected chi connectivity index (χ1v) is 9.91. The monoisotopic (exact) mass is 415 g/mol. The lowest BCUT2D eigenvalue weighted by atomic mass is 10.1. The molecule has 0 atom stereocenters. The van der Waals surface area contributed by atoms with Gasteiger partial charge in [0.15, 0.2) is 5.65 Å². The van der Waals surface area contributed by atoms with E-state index in [2.05, 4.69) is 22.6 Å². The Morgan fingerprint density at radius 2 is 1.59 bits per heavy atom. The lowest BCUT2D eigenvalue weighted by Gasteiger charge is -2.06. The largest absolute Gasteiger partial charge is 0.296 e. The molecule has 0 fully saturated rings. The Kier molecular flexibility index (Phi) is 4.55. The van der Waals surface area contributed by atoms with E-state index < -0.39 is 0 Å². The molecule has 3 aromatic carbocycles. The highest BCUT2D eigenvalue weighted by molar-refractivity contribution is 6.35. The number of imidazole rings is 1. The lowest BCUT2D eigenvalue weighted by molar-refractivity contribution is 1.14. The maximum atomic E-state index is 6.33. The third kappa shape index (κ3) is 3.39. The van der Waals surface area contributed by atoms with Crippen molar-refractivity contribution >= 4 is 52.0 Å². The number of halogens is 2. The van der Waals surface area contributed by atoms with Gasteiger partial charge >= 0.3 is 0 Å². The van der Waals surface area contributed by atoms with Crippen molar-refractivity contribution in [1.29, 1.82) is 0 Å².